The zero-order valence-electron chi connectivity index (χ0n) is 10.5. The number of hydrogen-bond donors (Lipinski definition) is 1. The molecule has 0 bridgehead atoms. The van der Waals surface area contributed by atoms with Crippen molar-refractivity contribution in [3.63, 3.8) is 0 Å². The molecule has 0 heterocycles. The molecule has 0 spiro atoms. The van der Waals surface area contributed by atoms with E-state index >= 15 is 0 Å². The first-order chi connectivity index (χ1) is 7.96. The minimum atomic E-state index is -0.851. The maximum atomic E-state index is 11.3. The van der Waals surface area contributed by atoms with Crippen molar-refractivity contribution in [1.29, 1.82) is 0 Å². The topological polar surface area (TPSA) is 46.5 Å². The molecule has 0 atom stereocenters. The Morgan fingerprint density at radius 3 is 2.59 bits per heavy atom. The van der Waals surface area contributed by atoms with Gasteiger partial charge in [-0.25, -0.2) is 0 Å². The van der Waals surface area contributed by atoms with E-state index in [2.05, 4.69) is 10.8 Å². The maximum Gasteiger partial charge on any atom is 0.308 e. The van der Waals surface area contributed by atoms with Crippen molar-refractivity contribution in [1.82, 2.24) is 0 Å². The molecular weight excluding hydrogens is 216 g/mol. The van der Waals surface area contributed by atoms with E-state index in [4.69, 9.17) is 0 Å². The third kappa shape index (κ3) is 2.07. The Hall–Kier alpha value is -1.35. The number of rotatable bonds is 2. The summed E-state index contributed by atoms with van der Waals surface area (Å²) in [5.41, 5.74) is 2.34. The van der Waals surface area contributed by atoms with Gasteiger partial charge in [0.25, 0.3) is 0 Å². The first kappa shape index (κ1) is 12.1. The molecule has 1 saturated carbocycles. The van der Waals surface area contributed by atoms with Gasteiger partial charge in [0.2, 0.25) is 0 Å². The Labute approximate surface area is 101 Å². The van der Waals surface area contributed by atoms with Crippen molar-refractivity contribution in [2.24, 2.45) is 5.92 Å². The Bertz CT molecular complexity index is 445. The minimum Gasteiger partial charge on any atom is -0.469 e. The fourth-order valence-corrected chi connectivity index (χ4v) is 2.64. The van der Waals surface area contributed by atoms with Crippen LogP contribution < -0.4 is 0 Å². The zero-order chi connectivity index (χ0) is 12.6. The van der Waals surface area contributed by atoms with E-state index in [-0.39, 0.29) is 11.9 Å². The molecule has 0 unspecified atom stereocenters. The SMILES string of the molecule is COC(=O)C1CC(O)(c2ccc(C)cc2C)C1. The molecule has 0 saturated heterocycles. The Morgan fingerprint density at radius 1 is 1.41 bits per heavy atom. The third-order valence-corrected chi connectivity index (χ3v) is 3.59. The van der Waals surface area contributed by atoms with Crippen LogP contribution in [0.4, 0.5) is 0 Å². The summed E-state index contributed by atoms with van der Waals surface area (Å²) in [6.07, 6.45) is 0.924. The van der Waals surface area contributed by atoms with Crippen LogP contribution in [0.15, 0.2) is 18.2 Å². The van der Waals surface area contributed by atoms with E-state index in [0.29, 0.717) is 12.8 Å². The summed E-state index contributed by atoms with van der Waals surface area (Å²) in [6.45, 7) is 4.02. The van der Waals surface area contributed by atoms with Crippen molar-refractivity contribution in [3.8, 4) is 0 Å². The molecule has 0 radical (unpaired) electrons. The van der Waals surface area contributed by atoms with Crippen LogP contribution >= 0.6 is 0 Å². The Balaban J connectivity index is 2.17. The van der Waals surface area contributed by atoms with E-state index in [1.807, 2.05) is 26.0 Å². The number of benzene rings is 1. The molecule has 92 valence electrons. The fourth-order valence-electron chi connectivity index (χ4n) is 2.64. The number of aryl methyl sites for hydroxylation is 2. The molecule has 1 aromatic rings. The van der Waals surface area contributed by atoms with E-state index in [1.54, 1.807) is 0 Å². The normalized spacial score (nSPS) is 27.4. The van der Waals surface area contributed by atoms with Gasteiger partial charge >= 0.3 is 5.97 Å². The van der Waals surface area contributed by atoms with E-state index in [9.17, 15) is 9.90 Å². The summed E-state index contributed by atoms with van der Waals surface area (Å²) < 4.78 is 4.68. The molecule has 2 rings (SSSR count). The molecule has 0 aromatic heterocycles. The number of aliphatic hydroxyl groups is 1. The van der Waals surface area contributed by atoms with Crippen molar-refractivity contribution < 1.29 is 14.6 Å². The molecule has 1 aliphatic carbocycles. The number of ether oxygens (including phenoxy) is 1. The predicted molar refractivity (Wildman–Crippen MR) is 64.6 cm³/mol. The van der Waals surface area contributed by atoms with Crippen LogP contribution in [-0.4, -0.2) is 18.2 Å². The second kappa shape index (κ2) is 4.15. The summed E-state index contributed by atoms with van der Waals surface area (Å²) >= 11 is 0. The summed E-state index contributed by atoms with van der Waals surface area (Å²) in [6, 6.07) is 6.00. The van der Waals surface area contributed by atoms with E-state index < -0.39 is 5.60 Å². The lowest BCUT2D eigenvalue weighted by Gasteiger charge is -2.43. The molecular formula is C14H18O3. The van der Waals surface area contributed by atoms with Gasteiger partial charge < -0.3 is 9.84 Å². The smallest absolute Gasteiger partial charge is 0.308 e. The van der Waals surface area contributed by atoms with Crippen LogP contribution in [0.1, 0.15) is 29.5 Å². The molecule has 0 amide bonds. The molecule has 1 N–H and O–H groups in total. The molecule has 1 fully saturated rings. The van der Waals surface area contributed by atoms with Crippen LogP contribution in [0.3, 0.4) is 0 Å². The van der Waals surface area contributed by atoms with E-state index in [1.165, 1.54) is 12.7 Å². The van der Waals surface area contributed by atoms with Crippen molar-refractivity contribution in [2.75, 3.05) is 7.11 Å². The van der Waals surface area contributed by atoms with Gasteiger partial charge in [-0.2, -0.15) is 0 Å². The molecule has 17 heavy (non-hydrogen) atoms. The number of methoxy groups -OCH3 is 1. The summed E-state index contributed by atoms with van der Waals surface area (Å²) in [5, 5.41) is 10.5. The van der Waals surface area contributed by atoms with Crippen molar-refractivity contribution in [2.45, 2.75) is 32.3 Å². The number of carbonyl (C=O) groups is 1. The summed E-state index contributed by atoms with van der Waals surface area (Å²) in [4.78, 5) is 11.3. The van der Waals surface area contributed by atoms with Gasteiger partial charge in [-0.05, 0) is 37.8 Å². The zero-order valence-corrected chi connectivity index (χ0v) is 10.5. The first-order valence-electron chi connectivity index (χ1n) is 5.84. The highest BCUT2D eigenvalue weighted by Crippen LogP contribution is 2.47. The average Bonchev–Trinajstić information content (AvgIpc) is 2.24. The maximum absolute atomic E-state index is 11.3. The lowest BCUT2D eigenvalue weighted by Crippen LogP contribution is -2.45. The molecule has 1 aromatic carbocycles. The lowest BCUT2D eigenvalue weighted by molar-refractivity contribution is -0.163. The third-order valence-electron chi connectivity index (χ3n) is 3.59. The van der Waals surface area contributed by atoms with Crippen molar-refractivity contribution in [3.05, 3.63) is 34.9 Å². The van der Waals surface area contributed by atoms with E-state index in [0.717, 1.165) is 11.1 Å². The van der Waals surface area contributed by atoms with Crippen molar-refractivity contribution >= 4 is 5.97 Å². The van der Waals surface area contributed by atoms with Gasteiger partial charge in [0.15, 0.2) is 0 Å². The van der Waals surface area contributed by atoms with Crippen LogP contribution in [0.2, 0.25) is 0 Å². The highest BCUT2D eigenvalue weighted by Gasteiger charge is 2.48. The highest BCUT2D eigenvalue weighted by atomic mass is 16.5. The van der Waals surface area contributed by atoms with Crippen LogP contribution in [0.5, 0.6) is 0 Å². The monoisotopic (exact) mass is 234 g/mol. The number of carbonyl (C=O) groups excluding carboxylic acids is 1. The average molecular weight is 234 g/mol. The van der Waals surface area contributed by atoms with Gasteiger partial charge in [0.1, 0.15) is 0 Å². The van der Waals surface area contributed by atoms with Gasteiger partial charge in [0, 0.05) is 0 Å². The minimum absolute atomic E-state index is 0.161. The fraction of sp³-hybridized carbons (Fsp3) is 0.500. The number of esters is 1. The molecule has 3 heteroatoms. The second-order valence-electron chi connectivity index (χ2n) is 4.98. The summed E-state index contributed by atoms with van der Waals surface area (Å²) in [5.74, 6) is -0.384. The molecule has 0 aliphatic heterocycles. The largest absolute Gasteiger partial charge is 0.469 e. The van der Waals surface area contributed by atoms with Gasteiger partial charge in [-0.1, -0.05) is 23.8 Å². The van der Waals surface area contributed by atoms with Crippen LogP contribution in [0, 0.1) is 19.8 Å². The number of hydrogen-bond acceptors (Lipinski definition) is 3. The molecule has 3 nitrogen and oxygen atoms in total. The Kier molecular flexibility index (Phi) is 2.96. The highest BCUT2D eigenvalue weighted by molar-refractivity contribution is 5.74. The standard InChI is InChI=1S/C14H18O3/c1-9-4-5-12(10(2)6-9)14(16)7-11(8-14)13(15)17-3/h4-6,11,16H,7-8H2,1-3H3. The molecule has 1 aliphatic rings. The quantitative estimate of drug-likeness (QED) is 0.797. The second-order valence-corrected chi connectivity index (χ2v) is 4.98. The van der Waals surface area contributed by atoms with Gasteiger partial charge in [-0.3, -0.25) is 4.79 Å². The lowest BCUT2D eigenvalue weighted by atomic mass is 9.66. The van der Waals surface area contributed by atoms with Crippen LogP contribution in [-0.2, 0) is 15.1 Å². The predicted octanol–water partition coefficient (Wildman–Crippen LogP) is 2.07. The summed E-state index contributed by atoms with van der Waals surface area (Å²) in [7, 11) is 1.39. The first-order valence-corrected chi connectivity index (χ1v) is 5.84. The van der Waals surface area contributed by atoms with Crippen LogP contribution in [0.25, 0.3) is 0 Å². The van der Waals surface area contributed by atoms with Gasteiger partial charge in [-0.15, -0.1) is 0 Å². The van der Waals surface area contributed by atoms with Gasteiger partial charge in [0.05, 0.1) is 18.6 Å². The Morgan fingerprint density at radius 2 is 2.06 bits per heavy atom.